The number of hydrogen-bond donors (Lipinski definition) is 0. The second-order valence-corrected chi connectivity index (χ2v) is 14.4. The molecule has 3 unspecified atom stereocenters. The van der Waals surface area contributed by atoms with E-state index >= 15 is 0 Å². The first-order chi connectivity index (χ1) is 22.6. The number of rotatable bonds is 16. The summed E-state index contributed by atoms with van der Waals surface area (Å²) in [6.07, 6.45) is 0.215. The first-order valence-corrected chi connectivity index (χ1v) is 17.7. The summed E-state index contributed by atoms with van der Waals surface area (Å²) in [7, 11) is 1.90. The van der Waals surface area contributed by atoms with Crippen molar-refractivity contribution in [2.45, 2.75) is 89.6 Å². The highest BCUT2D eigenvalue weighted by Crippen LogP contribution is 2.62. The average molecular weight is 661 g/mol. The number of hydrogen-bond acceptors (Lipinski definition) is 7. The van der Waals surface area contributed by atoms with Gasteiger partial charge in [0, 0.05) is 18.0 Å². The van der Waals surface area contributed by atoms with Gasteiger partial charge in [-0.2, -0.15) is 0 Å². The molecule has 0 aromatic heterocycles. The standard InChI is InChI=1S/C38H49N2O6P/c1-26(2)40(27(3)4)47(43-24-23-39-7)46-36-35-25-37(36,44-28(35)5)29(6)45-38(30-13-11-10-12-14-30,31-15-19-33(41-8)20-16-31)32-17-21-34(42-9)22-18-32/h10-22,26-29,35-36H,23-25H2,1-6,8-9H3/t28-,29-,35?,36-,37?,47?/m0/s1. The number of methoxy groups -OCH3 is 2. The van der Waals surface area contributed by atoms with E-state index in [9.17, 15) is 0 Å². The third kappa shape index (κ3) is 6.81. The van der Waals surface area contributed by atoms with Crippen LogP contribution in [0.2, 0.25) is 0 Å². The van der Waals surface area contributed by atoms with Crippen molar-refractivity contribution >= 4 is 8.53 Å². The second-order valence-electron chi connectivity index (χ2n) is 13.0. The molecule has 6 rings (SSSR count). The predicted octanol–water partition coefficient (Wildman–Crippen LogP) is 8.24. The molecule has 0 amide bonds. The maximum Gasteiger partial charge on any atom is 0.259 e. The molecule has 3 aromatic carbocycles. The van der Waals surface area contributed by atoms with Gasteiger partial charge < -0.3 is 32.8 Å². The minimum Gasteiger partial charge on any atom is -0.497 e. The Morgan fingerprint density at radius 2 is 1.40 bits per heavy atom. The first-order valence-electron chi connectivity index (χ1n) is 16.5. The van der Waals surface area contributed by atoms with E-state index in [0.717, 1.165) is 34.6 Å². The highest BCUT2D eigenvalue weighted by molar-refractivity contribution is 7.44. The van der Waals surface area contributed by atoms with Gasteiger partial charge in [0.15, 0.2) is 0 Å². The van der Waals surface area contributed by atoms with Crippen molar-refractivity contribution in [3.8, 4) is 11.5 Å². The highest BCUT2D eigenvalue weighted by atomic mass is 31.2. The van der Waals surface area contributed by atoms with Crippen LogP contribution in [0, 0.1) is 12.5 Å². The summed E-state index contributed by atoms with van der Waals surface area (Å²) in [6.45, 7) is 20.8. The first kappa shape index (κ1) is 35.3. The van der Waals surface area contributed by atoms with Crippen molar-refractivity contribution < 1.29 is 28.0 Å². The molecule has 252 valence electrons. The maximum atomic E-state index is 7.51. The van der Waals surface area contributed by atoms with Gasteiger partial charge in [0.1, 0.15) is 35.4 Å². The third-order valence-electron chi connectivity index (χ3n) is 9.50. The fourth-order valence-corrected chi connectivity index (χ4v) is 9.02. The quantitative estimate of drug-likeness (QED) is 0.0664. The maximum absolute atomic E-state index is 7.51. The summed E-state index contributed by atoms with van der Waals surface area (Å²) in [6, 6.07) is 26.9. The van der Waals surface area contributed by atoms with E-state index in [1.165, 1.54) is 0 Å². The van der Waals surface area contributed by atoms with Crippen LogP contribution in [0.4, 0.5) is 0 Å². The summed E-state index contributed by atoms with van der Waals surface area (Å²) in [4.78, 5) is 3.52. The molecule has 2 aliphatic heterocycles. The molecule has 47 heavy (non-hydrogen) atoms. The zero-order valence-electron chi connectivity index (χ0n) is 28.9. The molecule has 6 atom stereocenters. The Morgan fingerprint density at radius 3 is 1.87 bits per heavy atom. The molecule has 3 fully saturated rings. The lowest BCUT2D eigenvalue weighted by Crippen LogP contribution is -2.62. The summed E-state index contributed by atoms with van der Waals surface area (Å²) >= 11 is 0. The number of nitrogens with zero attached hydrogens (tertiary/aromatic N) is 2. The molecule has 0 N–H and O–H groups in total. The largest absolute Gasteiger partial charge is 0.497 e. The van der Waals surface area contributed by atoms with Gasteiger partial charge in [-0.25, -0.2) is 11.2 Å². The number of ether oxygens (including phenoxy) is 4. The summed E-state index contributed by atoms with van der Waals surface area (Å²) < 4.78 is 41.1. The summed E-state index contributed by atoms with van der Waals surface area (Å²) in [5.74, 6) is 1.75. The summed E-state index contributed by atoms with van der Waals surface area (Å²) in [5, 5.41) is 0. The lowest BCUT2D eigenvalue weighted by Gasteiger charge is -2.52. The van der Waals surface area contributed by atoms with Crippen molar-refractivity contribution in [1.29, 1.82) is 0 Å². The molecule has 0 radical (unpaired) electrons. The molecule has 2 heterocycles. The van der Waals surface area contributed by atoms with Crippen molar-refractivity contribution in [3.05, 3.63) is 107 Å². The van der Waals surface area contributed by atoms with Crippen LogP contribution >= 0.6 is 8.53 Å². The fraction of sp³-hybridized carbons (Fsp3) is 0.500. The number of benzene rings is 3. The second kappa shape index (κ2) is 15.0. The Bertz CT molecular complexity index is 1420. The summed E-state index contributed by atoms with van der Waals surface area (Å²) in [5.41, 5.74) is 1.25. The Labute approximate surface area is 282 Å². The van der Waals surface area contributed by atoms with E-state index in [0.29, 0.717) is 13.2 Å². The molecule has 2 bridgehead atoms. The Balaban J connectivity index is 1.58. The molecule has 0 spiro atoms. The van der Waals surface area contributed by atoms with Gasteiger partial charge in [-0.15, -0.1) is 0 Å². The van der Waals surface area contributed by atoms with E-state index in [4.69, 9.17) is 34.6 Å². The average Bonchev–Trinajstić information content (AvgIpc) is 3.57. The number of fused-ring (bicyclic) bond motifs is 1. The van der Waals surface area contributed by atoms with Crippen LogP contribution < -0.4 is 9.47 Å². The van der Waals surface area contributed by atoms with Crippen LogP contribution in [0.25, 0.3) is 4.85 Å². The molecule has 8 nitrogen and oxygen atoms in total. The normalized spacial score (nSPS) is 23.4. The van der Waals surface area contributed by atoms with Gasteiger partial charge in [-0.3, -0.25) is 0 Å². The lowest BCUT2D eigenvalue weighted by molar-refractivity contribution is -0.203. The minimum absolute atomic E-state index is 0.00536. The molecular weight excluding hydrogens is 611 g/mol. The van der Waals surface area contributed by atoms with E-state index in [2.05, 4.69) is 87.5 Å². The van der Waals surface area contributed by atoms with Crippen molar-refractivity contribution in [2.75, 3.05) is 27.4 Å². The van der Waals surface area contributed by atoms with Crippen molar-refractivity contribution in [1.82, 2.24) is 4.67 Å². The van der Waals surface area contributed by atoms with Crippen molar-refractivity contribution in [3.63, 3.8) is 0 Å². The van der Waals surface area contributed by atoms with Crippen LogP contribution in [0.15, 0.2) is 78.9 Å². The monoisotopic (exact) mass is 660 g/mol. The van der Waals surface area contributed by atoms with Crippen LogP contribution in [0.1, 0.15) is 64.7 Å². The van der Waals surface area contributed by atoms with Crippen LogP contribution in [-0.4, -0.2) is 68.0 Å². The van der Waals surface area contributed by atoms with Gasteiger partial charge in [-0.05, 0) is 88.9 Å². The van der Waals surface area contributed by atoms with Crippen LogP contribution in [-0.2, 0) is 24.1 Å². The molecular formula is C38H49N2O6P. The third-order valence-corrected chi connectivity index (χ3v) is 11.6. The zero-order chi connectivity index (χ0) is 33.8. The Morgan fingerprint density at radius 1 is 0.872 bits per heavy atom. The highest BCUT2D eigenvalue weighted by Gasteiger charge is 2.69. The van der Waals surface area contributed by atoms with E-state index < -0.39 is 19.7 Å². The van der Waals surface area contributed by atoms with Crippen molar-refractivity contribution in [2.24, 2.45) is 5.92 Å². The topological polar surface area (TPSA) is 63.0 Å². The van der Waals surface area contributed by atoms with Gasteiger partial charge in [-0.1, -0.05) is 54.6 Å². The Hall–Kier alpha value is -3.02. The molecule has 3 aromatic rings. The van der Waals surface area contributed by atoms with Gasteiger partial charge >= 0.3 is 0 Å². The minimum atomic E-state index is -1.45. The molecule has 1 aliphatic carbocycles. The van der Waals surface area contributed by atoms with Crippen LogP contribution in [0.3, 0.4) is 0 Å². The van der Waals surface area contributed by atoms with Gasteiger partial charge in [0.25, 0.3) is 8.53 Å². The van der Waals surface area contributed by atoms with E-state index in [1.807, 2.05) is 42.5 Å². The van der Waals surface area contributed by atoms with E-state index in [-0.39, 0.29) is 36.3 Å². The smallest absolute Gasteiger partial charge is 0.259 e. The van der Waals surface area contributed by atoms with Gasteiger partial charge in [0.05, 0.1) is 26.4 Å². The Kier molecular flexibility index (Phi) is 11.3. The molecule has 3 aliphatic rings. The molecule has 9 heteroatoms. The molecule has 2 saturated heterocycles. The zero-order valence-corrected chi connectivity index (χ0v) is 29.8. The fourth-order valence-electron chi connectivity index (χ4n) is 7.19. The van der Waals surface area contributed by atoms with Crippen LogP contribution in [0.5, 0.6) is 11.5 Å². The SMILES string of the molecule is [C-]#[N+]CCOP(O[C@H]1C2CC1([C@H](C)OC(c1ccccc1)(c1ccc(OC)cc1)c1ccc(OC)cc1)O[C@H]2C)N(C(C)C)C(C)C. The molecule has 1 saturated carbocycles. The predicted molar refractivity (Wildman–Crippen MR) is 186 cm³/mol. The van der Waals surface area contributed by atoms with Gasteiger partial charge in [0.2, 0.25) is 6.54 Å². The van der Waals surface area contributed by atoms with E-state index in [1.54, 1.807) is 14.2 Å². The lowest BCUT2D eigenvalue weighted by atomic mass is 9.67.